The molecule has 1 aromatic rings. The fourth-order valence-electron chi connectivity index (χ4n) is 2.43. The van der Waals surface area contributed by atoms with E-state index in [9.17, 15) is 8.42 Å². The Morgan fingerprint density at radius 3 is 2.38 bits per heavy atom. The summed E-state index contributed by atoms with van der Waals surface area (Å²) in [5, 5.41) is 6.33. The molecule has 0 aliphatic carbocycles. The van der Waals surface area contributed by atoms with E-state index in [2.05, 4.69) is 58.6 Å². The maximum atomic E-state index is 12.1. The first-order chi connectivity index (χ1) is 12.1. The summed E-state index contributed by atoms with van der Waals surface area (Å²) in [6.07, 6.45) is 0. The van der Waals surface area contributed by atoms with E-state index >= 15 is 0 Å². The van der Waals surface area contributed by atoms with Gasteiger partial charge >= 0.3 is 0 Å². The van der Waals surface area contributed by atoms with Gasteiger partial charge in [0.1, 0.15) is 0 Å². The normalized spacial score (nSPS) is 12.8. The van der Waals surface area contributed by atoms with Crippen molar-refractivity contribution in [2.24, 2.45) is 4.99 Å². The molecule has 2 N–H and O–H groups in total. The summed E-state index contributed by atoms with van der Waals surface area (Å²) >= 11 is 0. The van der Waals surface area contributed by atoms with Gasteiger partial charge in [0.05, 0.1) is 10.5 Å². The molecule has 0 atom stereocenters. The van der Waals surface area contributed by atoms with Crippen molar-refractivity contribution in [1.82, 2.24) is 10.6 Å². The van der Waals surface area contributed by atoms with Crippen molar-refractivity contribution in [3.63, 3.8) is 0 Å². The van der Waals surface area contributed by atoms with Crippen molar-refractivity contribution in [1.29, 1.82) is 0 Å². The summed E-state index contributed by atoms with van der Waals surface area (Å²) in [6.45, 7) is 12.2. The Labute approximate surface area is 159 Å². The monoisotopic (exact) mass is 382 g/mol. The number of nitrogens with one attached hydrogen (secondary N) is 2. The van der Waals surface area contributed by atoms with Crippen LogP contribution in [0, 0.1) is 6.92 Å². The minimum absolute atomic E-state index is 0.0849. The molecule has 6 nitrogen and oxygen atoms in total. The molecule has 0 saturated heterocycles. The predicted octanol–water partition coefficient (Wildman–Crippen LogP) is 2.20. The lowest BCUT2D eigenvalue weighted by Gasteiger charge is -2.24. The highest BCUT2D eigenvalue weighted by atomic mass is 32.2. The molecule has 0 aliphatic rings. The maximum Gasteiger partial charge on any atom is 0.191 e. The molecule has 148 valence electrons. The average molecular weight is 383 g/mol. The van der Waals surface area contributed by atoms with Crippen molar-refractivity contribution >= 4 is 21.5 Å². The zero-order chi connectivity index (χ0) is 19.8. The summed E-state index contributed by atoms with van der Waals surface area (Å²) < 4.78 is 23.5. The molecule has 0 aromatic heterocycles. The van der Waals surface area contributed by atoms with Gasteiger partial charge in [0.2, 0.25) is 0 Å². The molecule has 1 aromatic carbocycles. The van der Waals surface area contributed by atoms with Crippen LogP contribution >= 0.6 is 0 Å². The van der Waals surface area contributed by atoms with E-state index in [-0.39, 0.29) is 5.75 Å². The van der Waals surface area contributed by atoms with Crippen molar-refractivity contribution in [2.75, 3.05) is 43.9 Å². The van der Waals surface area contributed by atoms with Crippen LogP contribution in [0.15, 0.2) is 29.3 Å². The summed E-state index contributed by atoms with van der Waals surface area (Å²) in [6, 6.07) is 8.44. The zero-order valence-corrected chi connectivity index (χ0v) is 17.8. The quantitative estimate of drug-likeness (QED) is 0.533. The highest BCUT2D eigenvalue weighted by Gasteiger charge is 2.28. The lowest BCUT2D eigenvalue weighted by molar-refractivity contribution is 0.559. The fourth-order valence-corrected chi connectivity index (χ4v) is 3.42. The Kier molecular flexibility index (Phi) is 8.40. The standard InChI is InChI=1S/C19H34N4O2S/c1-7-23(17-10-8-9-16(2)15-17)13-11-21-18(20-6)22-12-14-26(24,25)19(3,4)5/h8-10,15H,7,11-14H2,1-6H3,(H2,20,21,22). The van der Waals surface area contributed by atoms with E-state index in [1.165, 1.54) is 11.3 Å². The van der Waals surface area contributed by atoms with Crippen LogP contribution in [0.25, 0.3) is 0 Å². The van der Waals surface area contributed by atoms with Crippen LogP contribution in [-0.2, 0) is 9.84 Å². The first-order valence-corrected chi connectivity index (χ1v) is 10.7. The molecule has 0 saturated carbocycles. The summed E-state index contributed by atoms with van der Waals surface area (Å²) in [4.78, 5) is 6.45. The first-order valence-electron chi connectivity index (χ1n) is 9.09. The molecule has 26 heavy (non-hydrogen) atoms. The third-order valence-electron chi connectivity index (χ3n) is 4.24. The second-order valence-electron chi connectivity index (χ2n) is 7.28. The summed E-state index contributed by atoms with van der Waals surface area (Å²) in [7, 11) is -1.45. The number of anilines is 1. The van der Waals surface area contributed by atoms with Gasteiger partial charge in [-0.25, -0.2) is 8.42 Å². The number of hydrogen-bond donors (Lipinski definition) is 2. The molecule has 0 unspecified atom stereocenters. The number of hydrogen-bond acceptors (Lipinski definition) is 4. The van der Waals surface area contributed by atoms with Crippen molar-refractivity contribution in [2.45, 2.75) is 39.4 Å². The third kappa shape index (κ3) is 6.86. The number of aliphatic imine (C=N–C) groups is 1. The minimum atomic E-state index is -3.13. The van der Waals surface area contributed by atoms with Crippen LogP contribution in [0.2, 0.25) is 0 Å². The fraction of sp³-hybridized carbons (Fsp3) is 0.632. The second kappa shape index (κ2) is 9.80. The first kappa shape index (κ1) is 22.3. The van der Waals surface area contributed by atoms with Gasteiger partial charge in [-0.05, 0) is 52.3 Å². The highest BCUT2D eigenvalue weighted by Crippen LogP contribution is 2.15. The van der Waals surface area contributed by atoms with Gasteiger partial charge in [-0.15, -0.1) is 0 Å². The topological polar surface area (TPSA) is 73.8 Å². The summed E-state index contributed by atoms with van der Waals surface area (Å²) in [5.74, 6) is 0.705. The van der Waals surface area contributed by atoms with E-state index in [0.29, 0.717) is 19.0 Å². The van der Waals surface area contributed by atoms with Crippen LogP contribution < -0.4 is 15.5 Å². The molecule has 0 radical (unpaired) electrons. The molecular formula is C19H34N4O2S. The molecule has 0 spiro atoms. The molecule has 0 aliphatic heterocycles. The number of aryl methyl sites for hydroxylation is 1. The number of rotatable bonds is 8. The number of nitrogens with zero attached hydrogens (tertiary/aromatic N) is 2. The minimum Gasteiger partial charge on any atom is -0.370 e. The highest BCUT2D eigenvalue weighted by molar-refractivity contribution is 7.92. The second-order valence-corrected chi connectivity index (χ2v) is 10.1. The molecule has 0 amide bonds. The van der Waals surface area contributed by atoms with Crippen LogP contribution in [0.4, 0.5) is 5.69 Å². The van der Waals surface area contributed by atoms with Gasteiger partial charge in [0.15, 0.2) is 15.8 Å². The number of guanidine groups is 1. The van der Waals surface area contributed by atoms with Gasteiger partial charge in [0.25, 0.3) is 0 Å². The van der Waals surface area contributed by atoms with Crippen LogP contribution in [-0.4, -0.2) is 58.1 Å². The SMILES string of the molecule is CCN(CCNC(=NC)NCCS(=O)(=O)C(C)(C)C)c1cccc(C)c1. The van der Waals surface area contributed by atoms with E-state index < -0.39 is 14.6 Å². The van der Waals surface area contributed by atoms with E-state index in [0.717, 1.165) is 13.1 Å². The van der Waals surface area contributed by atoms with Crippen molar-refractivity contribution in [3.8, 4) is 0 Å². The largest absolute Gasteiger partial charge is 0.370 e. The average Bonchev–Trinajstić information content (AvgIpc) is 2.56. The maximum absolute atomic E-state index is 12.1. The Morgan fingerprint density at radius 2 is 1.85 bits per heavy atom. The zero-order valence-electron chi connectivity index (χ0n) is 17.0. The molecular weight excluding hydrogens is 348 g/mol. The Bertz CT molecular complexity index is 694. The van der Waals surface area contributed by atoms with E-state index in [1.54, 1.807) is 27.8 Å². The summed E-state index contributed by atoms with van der Waals surface area (Å²) in [5.41, 5.74) is 2.44. The van der Waals surface area contributed by atoms with Crippen LogP contribution in [0.3, 0.4) is 0 Å². The van der Waals surface area contributed by atoms with Gasteiger partial charge in [-0.2, -0.15) is 0 Å². The smallest absolute Gasteiger partial charge is 0.191 e. The predicted molar refractivity (Wildman–Crippen MR) is 112 cm³/mol. The van der Waals surface area contributed by atoms with Crippen molar-refractivity contribution in [3.05, 3.63) is 29.8 Å². The Morgan fingerprint density at radius 1 is 1.19 bits per heavy atom. The molecule has 7 heteroatoms. The van der Waals surface area contributed by atoms with Gasteiger partial charge < -0.3 is 15.5 Å². The number of likely N-dealkylation sites (N-methyl/N-ethyl adjacent to an activating group) is 1. The van der Waals surface area contributed by atoms with E-state index in [1.807, 2.05) is 0 Å². The molecule has 0 bridgehead atoms. The molecule has 0 fully saturated rings. The van der Waals surface area contributed by atoms with Gasteiger partial charge in [-0.3, -0.25) is 4.99 Å². The van der Waals surface area contributed by atoms with Gasteiger partial charge in [0, 0.05) is 38.9 Å². The number of benzene rings is 1. The lowest BCUT2D eigenvalue weighted by Crippen LogP contribution is -2.44. The lowest BCUT2D eigenvalue weighted by atomic mass is 10.2. The third-order valence-corrected chi connectivity index (χ3v) is 6.85. The van der Waals surface area contributed by atoms with Crippen LogP contribution in [0.1, 0.15) is 33.3 Å². The van der Waals surface area contributed by atoms with Gasteiger partial charge in [-0.1, -0.05) is 12.1 Å². The Balaban J connectivity index is 2.47. The van der Waals surface area contributed by atoms with E-state index in [4.69, 9.17) is 0 Å². The van der Waals surface area contributed by atoms with Crippen LogP contribution in [0.5, 0.6) is 0 Å². The molecule has 1 rings (SSSR count). The molecule has 0 heterocycles. The number of sulfone groups is 1. The van der Waals surface area contributed by atoms with Crippen molar-refractivity contribution < 1.29 is 8.42 Å². The Hall–Kier alpha value is -1.76.